The number of benzene rings is 2. The zero-order valence-corrected chi connectivity index (χ0v) is 34.6. The Morgan fingerprint density at radius 2 is 1.62 bits per heavy atom. The van der Waals surface area contributed by atoms with Crippen LogP contribution in [-0.2, 0) is 32.5 Å². The van der Waals surface area contributed by atoms with E-state index in [0.29, 0.717) is 77.2 Å². The number of halogens is 1. The van der Waals surface area contributed by atoms with E-state index in [2.05, 4.69) is 46.5 Å². The highest BCUT2D eigenvalue weighted by molar-refractivity contribution is 6.01. The highest BCUT2D eigenvalue weighted by Gasteiger charge is 2.31. The van der Waals surface area contributed by atoms with Gasteiger partial charge in [0.05, 0.1) is 85.0 Å². The van der Waals surface area contributed by atoms with Gasteiger partial charge < -0.3 is 35.5 Å². The number of para-hydroxylation sites is 1. The second-order valence-electron chi connectivity index (χ2n) is 14.2. The van der Waals surface area contributed by atoms with Crippen LogP contribution in [0.25, 0.3) is 22.4 Å². The van der Waals surface area contributed by atoms with Gasteiger partial charge in [-0.1, -0.05) is 12.1 Å². The maximum absolute atomic E-state index is 13.5. The summed E-state index contributed by atoms with van der Waals surface area (Å²) in [5.41, 5.74) is 3.89. The number of pyridine rings is 2. The SMILES string of the molecule is CNC(=O)c1cnc(Nc2ccc(C(=O)NCCOCCOCCc3ccc4c(c3)n(C)c(=O)n4C3CCC(=O)NC3=O)cn2)cc1Nc1cccc(-c2ncc(F)cn2)c1OC. The number of hydrogen-bond donors (Lipinski definition) is 5. The minimum atomic E-state index is -0.739. The van der Waals surface area contributed by atoms with Crippen LogP contribution >= 0.6 is 0 Å². The van der Waals surface area contributed by atoms with Gasteiger partial charge in [-0.05, 0) is 54.8 Å². The molecule has 0 spiro atoms. The van der Waals surface area contributed by atoms with Gasteiger partial charge in [-0.25, -0.2) is 29.1 Å². The molecule has 4 aromatic heterocycles. The minimum absolute atomic E-state index is 0.176. The van der Waals surface area contributed by atoms with Crippen molar-refractivity contribution in [3.8, 4) is 17.1 Å². The number of rotatable bonds is 18. The van der Waals surface area contributed by atoms with Crippen molar-refractivity contribution < 1.29 is 37.8 Å². The molecular formula is C43H44FN11O8. The number of carbonyl (C=O) groups excluding carboxylic acids is 4. The number of anilines is 4. The van der Waals surface area contributed by atoms with E-state index in [1.54, 1.807) is 43.4 Å². The van der Waals surface area contributed by atoms with Crippen molar-refractivity contribution in [1.29, 1.82) is 0 Å². The number of carbonyl (C=O) groups is 4. The molecule has 1 aliphatic rings. The first-order chi connectivity index (χ1) is 30.5. The normalized spacial score (nSPS) is 13.7. The van der Waals surface area contributed by atoms with Crippen molar-refractivity contribution in [2.45, 2.75) is 25.3 Å². The summed E-state index contributed by atoms with van der Waals surface area (Å²) in [7, 11) is 4.63. The van der Waals surface area contributed by atoms with Gasteiger partial charge in [0.25, 0.3) is 11.8 Å². The van der Waals surface area contributed by atoms with Gasteiger partial charge >= 0.3 is 5.69 Å². The molecular weight excluding hydrogens is 818 g/mol. The Bertz CT molecular complexity index is 2710. The van der Waals surface area contributed by atoms with Crippen molar-refractivity contribution >= 4 is 57.7 Å². The average Bonchev–Trinajstić information content (AvgIpc) is 3.53. The molecule has 19 nitrogen and oxygen atoms in total. The van der Waals surface area contributed by atoms with Crippen molar-refractivity contribution in [1.82, 2.24) is 45.0 Å². The fourth-order valence-corrected chi connectivity index (χ4v) is 6.95. The Morgan fingerprint density at radius 1 is 0.841 bits per heavy atom. The molecule has 2 aromatic carbocycles. The van der Waals surface area contributed by atoms with E-state index in [-0.39, 0.29) is 60.8 Å². The summed E-state index contributed by atoms with van der Waals surface area (Å²) < 4.78 is 33.5. The van der Waals surface area contributed by atoms with Gasteiger partial charge in [0, 0.05) is 45.5 Å². The zero-order chi connectivity index (χ0) is 44.5. The van der Waals surface area contributed by atoms with Gasteiger partial charge in [-0.15, -0.1) is 0 Å². The van der Waals surface area contributed by atoms with Crippen molar-refractivity contribution in [3.63, 3.8) is 0 Å². The molecule has 326 valence electrons. The first kappa shape index (κ1) is 43.5. The molecule has 0 bridgehead atoms. The van der Waals surface area contributed by atoms with Crippen LogP contribution in [0.15, 0.2) is 84.2 Å². The van der Waals surface area contributed by atoms with E-state index in [9.17, 15) is 28.4 Å². The number of hydrogen-bond acceptors (Lipinski definition) is 14. The van der Waals surface area contributed by atoms with Crippen LogP contribution in [0.3, 0.4) is 0 Å². The quantitative estimate of drug-likeness (QED) is 0.0615. The topological polar surface area (TPSA) is 235 Å². The Kier molecular flexibility index (Phi) is 13.7. The highest BCUT2D eigenvalue weighted by atomic mass is 19.1. The lowest BCUT2D eigenvalue weighted by Gasteiger charge is -2.21. The summed E-state index contributed by atoms with van der Waals surface area (Å²) in [4.78, 5) is 79.5. The fourth-order valence-electron chi connectivity index (χ4n) is 6.95. The molecule has 20 heteroatoms. The molecule has 63 heavy (non-hydrogen) atoms. The van der Waals surface area contributed by atoms with E-state index in [1.807, 2.05) is 18.2 Å². The number of nitrogens with zero attached hydrogens (tertiary/aromatic N) is 6. The predicted octanol–water partition coefficient (Wildman–Crippen LogP) is 3.56. The molecule has 0 saturated carbocycles. The predicted molar refractivity (Wildman–Crippen MR) is 229 cm³/mol. The lowest BCUT2D eigenvalue weighted by atomic mass is 10.1. The number of piperidine rings is 1. The molecule has 1 fully saturated rings. The first-order valence-corrected chi connectivity index (χ1v) is 19.9. The van der Waals surface area contributed by atoms with Gasteiger partial charge in [0.15, 0.2) is 17.4 Å². The molecule has 1 saturated heterocycles. The van der Waals surface area contributed by atoms with Crippen molar-refractivity contribution in [2.75, 3.05) is 57.8 Å². The maximum atomic E-state index is 13.5. The molecule has 0 aliphatic carbocycles. The summed E-state index contributed by atoms with van der Waals surface area (Å²) in [6.07, 6.45) is 5.98. The summed E-state index contributed by atoms with van der Waals surface area (Å²) >= 11 is 0. The van der Waals surface area contributed by atoms with Crippen molar-refractivity contribution in [2.24, 2.45) is 7.05 Å². The standard InChI is InChI=1S/C43H44FN11O8/c1-45-41(58)29-24-48-36(20-31(29)51-30-6-4-5-28(38(30)61-3)39-49-22-27(44)23-50-39)52-35-11-8-26(21-47-35)40(57)46-14-16-63-18-17-62-15-13-25-7-9-32-34(19-25)54(2)43(60)55(32)33-10-12-37(56)53-42(33)59/h4-9,11,19-24,33H,10,12-18H2,1-3H3,(H,45,58)(H,46,57)(H,53,56,59)(H2,47,48,51,52). The third-order valence-corrected chi connectivity index (χ3v) is 10.1. The molecule has 6 aromatic rings. The van der Waals surface area contributed by atoms with Crippen LogP contribution in [0.4, 0.5) is 27.4 Å². The first-order valence-electron chi connectivity index (χ1n) is 19.9. The lowest BCUT2D eigenvalue weighted by Crippen LogP contribution is -2.44. The van der Waals surface area contributed by atoms with E-state index in [1.165, 1.54) is 35.7 Å². The molecule has 5 N–H and O–H groups in total. The zero-order valence-electron chi connectivity index (χ0n) is 34.6. The Morgan fingerprint density at radius 3 is 2.35 bits per heavy atom. The molecule has 1 atom stereocenters. The second kappa shape index (κ2) is 19.9. The van der Waals surface area contributed by atoms with E-state index in [4.69, 9.17) is 14.2 Å². The third kappa shape index (κ3) is 10.1. The van der Waals surface area contributed by atoms with Crippen LogP contribution in [0.5, 0.6) is 5.75 Å². The van der Waals surface area contributed by atoms with Gasteiger partial charge in [0.1, 0.15) is 17.7 Å². The number of methoxy groups -OCH3 is 1. The van der Waals surface area contributed by atoms with Crippen LogP contribution in [0.1, 0.15) is 45.2 Å². The molecule has 7 rings (SSSR count). The number of imidazole rings is 1. The van der Waals surface area contributed by atoms with Crippen molar-refractivity contribution in [3.05, 3.63) is 112 Å². The largest absolute Gasteiger partial charge is 0.494 e. The minimum Gasteiger partial charge on any atom is -0.494 e. The van der Waals surface area contributed by atoms with Crippen LogP contribution in [-0.4, -0.2) is 99.8 Å². The van der Waals surface area contributed by atoms with Crippen LogP contribution in [0.2, 0.25) is 0 Å². The fraction of sp³-hybridized carbons (Fsp3) is 0.279. The van der Waals surface area contributed by atoms with Crippen LogP contribution in [0, 0.1) is 5.82 Å². The number of fused-ring (bicyclic) bond motifs is 1. The van der Waals surface area contributed by atoms with E-state index >= 15 is 0 Å². The van der Waals surface area contributed by atoms with Crippen LogP contribution < -0.4 is 37.0 Å². The number of aromatic nitrogens is 6. The molecule has 4 amide bonds. The number of amides is 4. The van der Waals surface area contributed by atoms with E-state index in [0.717, 1.165) is 18.0 Å². The van der Waals surface area contributed by atoms with Gasteiger partial charge in [0.2, 0.25) is 11.8 Å². The second-order valence-corrected chi connectivity index (χ2v) is 14.2. The van der Waals surface area contributed by atoms with Gasteiger partial charge in [-0.3, -0.25) is 33.6 Å². The van der Waals surface area contributed by atoms with E-state index < -0.39 is 17.8 Å². The monoisotopic (exact) mass is 861 g/mol. The Hall–Kier alpha value is -7.58. The lowest BCUT2D eigenvalue weighted by molar-refractivity contribution is -0.135. The molecule has 5 heterocycles. The van der Waals surface area contributed by atoms with Gasteiger partial charge in [-0.2, -0.15) is 0 Å². The Balaban J connectivity index is 0.855. The Labute approximate surface area is 359 Å². The summed E-state index contributed by atoms with van der Waals surface area (Å²) in [5, 5.41) is 14.0. The summed E-state index contributed by atoms with van der Waals surface area (Å²) in [5.74, 6) is -0.751. The highest BCUT2D eigenvalue weighted by Crippen LogP contribution is 2.37. The molecule has 1 aliphatic heterocycles. The maximum Gasteiger partial charge on any atom is 0.329 e. The molecule has 0 radical (unpaired) electrons. The molecule has 1 unspecified atom stereocenters. The number of ether oxygens (including phenoxy) is 3. The third-order valence-electron chi connectivity index (χ3n) is 10.1. The summed E-state index contributed by atoms with van der Waals surface area (Å²) in [6.45, 7) is 1.61. The summed E-state index contributed by atoms with van der Waals surface area (Å²) in [6, 6.07) is 14.9. The number of aryl methyl sites for hydroxylation is 1. The average molecular weight is 862 g/mol. The smallest absolute Gasteiger partial charge is 0.329 e. The number of nitrogens with one attached hydrogen (secondary N) is 5. The number of imide groups is 1.